The zero-order valence-electron chi connectivity index (χ0n) is 51.7. The smallest absolute Gasteiger partial charge is 0.309 e. The van der Waals surface area contributed by atoms with E-state index in [1.165, 1.54) is 95.1 Å². The highest BCUT2D eigenvalue weighted by Gasteiger charge is 2.35. The van der Waals surface area contributed by atoms with Crippen LogP contribution in [0.2, 0.25) is 0 Å². The van der Waals surface area contributed by atoms with Gasteiger partial charge in [-0.3, -0.25) is 0 Å². The number of fused-ring (bicyclic) bond motifs is 6. The molecule has 0 bridgehead atoms. The van der Waals surface area contributed by atoms with E-state index in [4.69, 9.17) is 0 Å². The number of alkyl halides is 3. The minimum atomic E-state index is -4.68. The summed E-state index contributed by atoms with van der Waals surface area (Å²) < 4.78 is 51.7. The third kappa shape index (κ3) is 9.62. The van der Waals surface area contributed by atoms with Gasteiger partial charge in [0.25, 0.3) is 0 Å². The predicted molar refractivity (Wildman–Crippen MR) is 359 cm³/mol. The van der Waals surface area contributed by atoms with Gasteiger partial charge in [-0.2, -0.15) is 18.4 Å². The summed E-state index contributed by atoms with van der Waals surface area (Å²) in [7, 11) is 0. The van der Waals surface area contributed by atoms with Crippen molar-refractivity contribution in [2.45, 2.75) is 96.2 Å². The highest BCUT2D eigenvalue weighted by atomic mass is 19.4. The monoisotopic (exact) mass is 1140 g/mol. The maximum absolute atomic E-state index is 15.7. The molecule has 0 fully saturated rings. The van der Waals surface area contributed by atoms with Crippen molar-refractivity contribution >= 4 is 43.6 Å². The van der Waals surface area contributed by atoms with Crippen LogP contribution in [0.5, 0.6) is 0 Å². The van der Waals surface area contributed by atoms with Crippen LogP contribution >= 0.6 is 0 Å². The van der Waals surface area contributed by atoms with Crippen LogP contribution in [0, 0.1) is 101 Å². The third-order valence-electron chi connectivity index (χ3n) is 18.1. The first-order valence-electron chi connectivity index (χ1n) is 29.9. The average molecular weight is 1140 g/mol. The van der Waals surface area contributed by atoms with Gasteiger partial charge in [-0.25, -0.2) is 0 Å². The first-order chi connectivity index (χ1) is 41.5. The molecule has 0 aliphatic rings. The van der Waals surface area contributed by atoms with Gasteiger partial charge < -0.3 is 9.13 Å². The fourth-order valence-corrected chi connectivity index (χ4v) is 15.0. The molecule has 13 rings (SSSR count). The van der Waals surface area contributed by atoms with E-state index >= 15 is 13.2 Å². The van der Waals surface area contributed by atoms with Crippen LogP contribution in [0.3, 0.4) is 0 Å². The maximum atomic E-state index is 15.7. The number of nitriles is 1. The van der Waals surface area contributed by atoms with E-state index in [-0.39, 0.29) is 5.56 Å². The summed E-state index contributed by atoms with van der Waals surface area (Å²) in [4.78, 5) is 0. The van der Waals surface area contributed by atoms with Crippen molar-refractivity contribution in [1.29, 1.82) is 5.26 Å². The molecule has 0 aliphatic carbocycles. The van der Waals surface area contributed by atoms with Gasteiger partial charge in [0.05, 0.1) is 45.0 Å². The second-order valence-electron chi connectivity index (χ2n) is 24.8. The molecule has 0 amide bonds. The SMILES string of the molecule is Cc1cc(C)c(-c2ccc3c(c2)c2cc(-c4c(C)cc(C)cc4C)ccc2n3-c2ccc(-c3ccc(C)cc3C(F)(F)F)c(-c3cc(C#N)ccc3-n3c4ccc(-c5c(C)cc(C)cc5C)cc4c4cc(-c5c(C)cc(C)cc5C)ccc43)c2)c(C)c1. The van der Waals surface area contributed by atoms with Crippen molar-refractivity contribution in [3.8, 4) is 84.2 Å². The molecular weight excluding hydrogens is 1070 g/mol. The Morgan fingerprint density at radius 2 is 0.667 bits per heavy atom. The molecule has 0 saturated carbocycles. The molecule has 6 heteroatoms. The van der Waals surface area contributed by atoms with Crippen LogP contribution in [0.4, 0.5) is 13.2 Å². The number of halogens is 3. The first-order valence-corrected chi connectivity index (χ1v) is 29.9. The molecule has 0 atom stereocenters. The second kappa shape index (κ2) is 21.1. The molecule has 87 heavy (non-hydrogen) atoms. The fraction of sp³-hybridized carbons (Fsp3) is 0.173. The molecule has 2 aromatic heterocycles. The zero-order chi connectivity index (χ0) is 61.2. The zero-order valence-corrected chi connectivity index (χ0v) is 51.7. The van der Waals surface area contributed by atoms with E-state index in [9.17, 15) is 5.26 Å². The summed E-state index contributed by atoms with van der Waals surface area (Å²) in [5, 5.41) is 15.1. The normalized spacial score (nSPS) is 11.9. The van der Waals surface area contributed by atoms with Crippen molar-refractivity contribution in [3.63, 3.8) is 0 Å². The highest BCUT2D eigenvalue weighted by Crippen LogP contribution is 2.48. The predicted octanol–water partition coefficient (Wildman–Crippen LogP) is 22.8. The van der Waals surface area contributed by atoms with Crippen LogP contribution in [0.25, 0.3) is 122 Å². The van der Waals surface area contributed by atoms with E-state index in [1.54, 1.807) is 19.1 Å². The molecule has 11 aromatic carbocycles. The Morgan fingerprint density at radius 3 is 1.02 bits per heavy atom. The Bertz CT molecular complexity index is 4800. The first kappa shape index (κ1) is 56.4. The minimum Gasteiger partial charge on any atom is -0.309 e. The number of nitrogens with zero attached hydrogens (tertiary/aromatic N) is 3. The minimum absolute atomic E-state index is 0.0522. The van der Waals surface area contributed by atoms with Crippen LogP contribution < -0.4 is 0 Å². The lowest BCUT2D eigenvalue weighted by molar-refractivity contribution is -0.137. The van der Waals surface area contributed by atoms with Gasteiger partial charge in [0, 0.05) is 32.8 Å². The highest BCUT2D eigenvalue weighted by molar-refractivity contribution is 6.14. The van der Waals surface area contributed by atoms with Gasteiger partial charge in [-0.05, 0) is 281 Å². The van der Waals surface area contributed by atoms with Gasteiger partial charge in [-0.1, -0.05) is 119 Å². The van der Waals surface area contributed by atoms with Crippen molar-refractivity contribution in [2.75, 3.05) is 0 Å². The summed E-state index contributed by atoms with van der Waals surface area (Å²) in [5.41, 5.74) is 30.6. The van der Waals surface area contributed by atoms with Crippen molar-refractivity contribution in [1.82, 2.24) is 9.13 Å². The van der Waals surface area contributed by atoms with Gasteiger partial charge in [0.15, 0.2) is 0 Å². The Hall–Kier alpha value is -9.70. The lowest BCUT2D eigenvalue weighted by Crippen LogP contribution is -2.08. The second-order valence-corrected chi connectivity index (χ2v) is 24.8. The molecular formula is C81H68F3N3. The van der Waals surface area contributed by atoms with E-state index in [0.29, 0.717) is 27.8 Å². The van der Waals surface area contributed by atoms with Gasteiger partial charge in [-0.15, -0.1) is 0 Å². The molecule has 0 spiro atoms. The lowest BCUT2D eigenvalue weighted by atomic mass is 9.89. The fourth-order valence-electron chi connectivity index (χ4n) is 15.0. The van der Waals surface area contributed by atoms with Crippen LogP contribution in [-0.4, -0.2) is 9.13 Å². The average Bonchev–Trinajstić information content (AvgIpc) is 1.64. The maximum Gasteiger partial charge on any atom is 0.417 e. The Labute approximate surface area is 508 Å². The third-order valence-corrected chi connectivity index (χ3v) is 18.1. The molecule has 428 valence electrons. The standard InChI is InChI=1S/C81H68F3N3/c1-44-14-21-64(71(36-44)81(82,83)84)63-22-20-62(86-72-24-16-58(77-49(6)28-45(2)29-50(77)7)38-67(72)68-39-59(17-25-73(68)86)78-51(8)30-46(3)31-52(78)9)42-65(63)66-37-57(43-85)15-23-74(66)87-75-26-18-60(79-53(10)32-47(4)33-54(79)11)40-69(75)70-41-61(19-27-76(70)87)80-55(12)34-48(5)35-56(80)13/h14-42H,1-13H3. The molecule has 0 N–H and O–H groups in total. The Morgan fingerprint density at radius 1 is 0.310 bits per heavy atom. The summed E-state index contributed by atoms with van der Waals surface area (Å²) in [6.07, 6.45) is -4.68. The molecule has 0 aliphatic heterocycles. The summed E-state index contributed by atoms with van der Waals surface area (Å²) in [5.74, 6) is 0. The van der Waals surface area contributed by atoms with E-state index in [0.717, 1.165) is 77.2 Å². The summed E-state index contributed by atoms with van der Waals surface area (Å²) in [6, 6.07) is 63.2. The molecule has 0 unspecified atom stereocenters. The number of hydrogen-bond acceptors (Lipinski definition) is 1. The Balaban J connectivity index is 1.13. The summed E-state index contributed by atoms with van der Waals surface area (Å²) >= 11 is 0. The van der Waals surface area contributed by atoms with Crippen molar-refractivity contribution in [2.24, 2.45) is 0 Å². The topological polar surface area (TPSA) is 33.6 Å². The largest absolute Gasteiger partial charge is 0.417 e. The number of aromatic nitrogens is 2. The van der Waals surface area contributed by atoms with E-state index < -0.39 is 11.7 Å². The summed E-state index contributed by atoms with van der Waals surface area (Å²) in [6.45, 7) is 27.6. The van der Waals surface area contributed by atoms with Gasteiger partial charge in [0.2, 0.25) is 0 Å². The van der Waals surface area contributed by atoms with Crippen molar-refractivity contribution < 1.29 is 13.2 Å². The number of aryl methyl sites for hydroxylation is 13. The molecule has 2 heterocycles. The number of benzene rings is 11. The van der Waals surface area contributed by atoms with E-state index in [1.807, 2.05) is 30.3 Å². The van der Waals surface area contributed by atoms with Crippen LogP contribution in [0.1, 0.15) is 83.5 Å². The number of rotatable bonds is 8. The lowest BCUT2D eigenvalue weighted by Gasteiger charge is -2.21. The molecule has 3 nitrogen and oxygen atoms in total. The van der Waals surface area contributed by atoms with Gasteiger partial charge >= 0.3 is 6.18 Å². The molecule has 0 radical (unpaired) electrons. The van der Waals surface area contributed by atoms with E-state index in [2.05, 4.69) is 226 Å². The van der Waals surface area contributed by atoms with Crippen molar-refractivity contribution in [3.05, 3.63) is 259 Å². The van der Waals surface area contributed by atoms with Crippen LogP contribution in [-0.2, 0) is 6.18 Å². The Kier molecular flexibility index (Phi) is 13.7. The quantitative estimate of drug-likeness (QED) is 0.149. The van der Waals surface area contributed by atoms with Gasteiger partial charge in [0.1, 0.15) is 0 Å². The number of hydrogen-bond donors (Lipinski definition) is 0. The molecule has 13 aromatic rings. The molecule has 0 saturated heterocycles. The van der Waals surface area contributed by atoms with Crippen LogP contribution in [0.15, 0.2) is 176 Å².